The van der Waals surface area contributed by atoms with E-state index in [9.17, 15) is 4.79 Å². The molecule has 2 atom stereocenters. The van der Waals surface area contributed by atoms with Crippen LogP contribution in [0.15, 0.2) is 53.3 Å². The molecular weight excluding hydrogens is 512 g/mol. The van der Waals surface area contributed by atoms with Crippen LogP contribution in [0.3, 0.4) is 0 Å². The number of ether oxygens (including phenoxy) is 1. The van der Waals surface area contributed by atoms with Crippen LogP contribution in [-0.2, 0) is 23.2 Å². The summed E-state index contributed by atoms with van der Waals surface area (Å²) in [5.41, 5.74) is 3.25. The van der Waals surface area contributed by atoms with E-state index in [0.717, 1.165) is 48.8 Å². The van der Waals surface area contributed by atoms with Gasteiger partial charge in [-0.2, -0.15) is 0 Å². The number of hydrogen-bond donors (Lipinski definition) is 1. The van der Waals surface area contributed by atoms with Crippen LogP contribution in [0.2, 0.25) is 5.02 Å². The predicted molar refractivity (Wildman–Crippen MR) is 154 cm³/mol. The summed E-state index contributed by atoms with van der Waals surface area (Å²) in [5, 5.41) is 14.8. The Labute approximate surface area is 234 Å². The fourth-order valence-corrected chi connectivity index (χ4v) is 5.40. The van der Waals surface area contributed by atoms with Crippen LogP contribution < -0.4 is 5.56 Å². The Morgan fingerprint density at radius 1 is 1.15 bits per heavy atom. The van der Waals surface area contributed by atoms with E-state index in [2.05, 4.69) is 65.2 Å². The number of rotatable bonds is 10. The van der Waals surface area contributed by atoms with Crippen LogP contribution in [-0.4, -0.2) is 49.3 Å². The lowest BCUT2D eigenvalue weighted by atomic mass is 9.98. The quantitative estimate of drug-likeness (QED) is 0.275. The van der Waals surface area contributed by atoms with Crippen LogP contribution >= 0.6 is 11.6 Å². The van der Waals surface area contributed by atoms with Gasteiger partial charge in [0.1, 0.15) is 6.04 Å². The maximum atomic E-state index is 13.8. The minimum Gasteiger partial charge on any atom is -0.377 e. The van der Waals surface area contributed by atoms with Crippen molar-refractivity contribution in [2.45, 2.75) is 77.6 Å². The molecule has 0 radical (unpaired) electrons. The highest BCUT2D eigenvalue weighted by atomic mass is 35.5. The Hall–Kier alpha value is -3.07. The van der Waals surface area contributed by atoms with Gasteiger partial charge in [-0.05, 0) is 96.8 Å². The molecule has 3 heterocycles. The maximum absolute atomic E-state index is 13.8. The van der Waals surface area contributed by atoms with Crippen LogP contribution in [0.4, 0.5) is 0 Å². The summed E-state index contributed by atoms with van der Waals surface area (Å²) in [6, 6.07) is 15.6. The lowest BCUT2D eigenvalue weighted by Gasteiger charge is -2.34. The molecule has 0 aliphatic carbocycles. The number of aromatic amines is 1. The zero-order valence-electron chi connectivity index (χ0n) is 23.2. The summed E-state index contributed by atoms with van der Waals surface area (Å²) in [7, 11) is 0. The van der Waals surface area contributed by atoms with E-state index in [1.165, 1.54) is 5.56 Å². The normalized spacial score (nSPS) is 16.8. The summed E-state index contributed by atoms with van der Waals surface area (Å²) < 4.78 is 7.97. The fraction of sp³-hybridized carbons (Fsp3) is 0.467. The number of hydrogen-bond acceptors (Lipinski definition) is 6. The molecule has 0 bridgehead atoms. The maximum Gasteiger partial charge on any atom is 0.253 e. The summed E-state index contributed by atoms with van der Waals surface area (Å²) in [6.45, 7) is 10.5. The van der Waals surface area contributed by atoms with Crippen molar-refractivity contribution in [3.05, 3.63) is 86.4 Å². The zero-order chi connectivity index (χ0) is 27.6. The molecule has 2 aromatic carbocycles. The molecule has 1 aliphatic heterocycles. The standard InChI is InChI=1S/C30H37ClN6O2/c1-5-20-11-14-26-22(16-20)17-25(29(38)32-26)27(28-33-34-35-37(28)30(3,4)6-2)36(19-24-8-7-15-39-24)18-21-9-12-23(31)13-10-21/h9-14,16-17,24,27H,5-8,15,18-19H2,1-4H3,(H,32,38)/t24-,27-/m1/s1. The number of aromatic nitrogens is 5. The first kappa shape index (κ1) is 27.5. The smallest absolute Gasteiger partial charge is 0.253 e. The van der Waals surface area contributed by atoms with Crippen molar-refractivity contribution in [2.24, 2.45) is 0 Å². The average Bonchev–Trinajstić information content (AvgIpc) is 3.63. The van der Waals surface area contributed by atoms with E-state index >= 15 is 0 Å². The molecule has 8 nitrogen and oxygen atoms in total. The molecule has 1 aliphatic rings. The molecule has 1 saturated heterocycles. The van der Waals surface area contributed by atoms with Gasteiger partial charge in [-0.3, -0.25) is 9.69 Å². The molecule has 1 fully saturated rings. The molecule has 0 amide bonds. The van der Waals surface area contributed by atoms with Crippen molar-refractivity contribution in [1.29, 1.82) is 0 Å². The van der Waals surface area contributed by atoms with Crippen molar-refractivity contribution in [2.75, 3.05) is 13.2 Å². The van der Waals surface area contributed by atoms with Gasteiger partial charge in [-0.15, -0.1) is 5.10 Å². The Kier molecular flexibility index (Phi) is 8.16. The van der Waals surface area contributed by atoms with Gasteiger partial charge in [0.2, 0.25) is 0 Å². The number of benzene rings is 2. The monoisotopic (exact) mass is 548 g/mol. The van der Waals surface area contributed by atoms with Crippen LogP contribution in [0.5, 0.6) is 0 Å². The third-order valence-corrected chi connectivity index (χ3v) is 8.20. The van der Waals surface area contributed by atoms with Crippen molar-refractivity contribution in [3.8, 4) is 0 Å². The molecule has 0 saturated carbocycles. The van der Waals surface area contributed by atoms with Crippen LogP contribution in [0, 0.1) is 0 Å². The molecule has 0 unspecified atom stereocenters. The largest absolute Gasteiger partial charge is 0.377 e. The molecule has 0 spiro atoms. The molecule has 9 heteroatoms. The van der Waals surface area contributed by atoms with Gasteiger partial charge in [0, 0.05) is 35.8 Å². The number of nitrogens with zero attached hydrogens (tertiary/aromatic N) is 5. The van der Waals surface area contributed by atoms with Crippen molar-refractivity contribution in [3.63, 3.8) is 0 Å². The van der Waals surface area contributed by atoms with E-state index in [-0.39, 0.29) is 17.2 Å². The van der Waals surface area contributed by atoms with E-state index in [0.29, 0.717) is 29.5 Å². The molecule has 1 N–H and O–H groups in total. The summed E-state index contributed by atoms with van der Waals surface area (Å²) in [4.78, 5) is 19.2. The molecule has 2 aromatic heterocycles. The van der Waals surface area contributed by atoms with Crippen molar-refractivity contribution >= 4 is 22.5 Å². The van der Waals surface area contributed by atoms with E-state index in [1.54, 1.807) is 0 Å². The minimum absolute atomic E-state index is 0.0644. The average molecular weight is 549 g/mol. The summed E-state index contributed by atoms with van der Waals surface area (Å²) in [6.07, 6.45) is 3.81. The number of H-pyrrole nitrogens is 1. The van der Waals surface area contributed by atoms with E-state index in [4.69, 9.17) is 16.3 Å². The zero-order valence-corrected chi connectivity index (χ0v) is 23.9. The highest BCUT2D eigenvalue weighted by molar-refractivity contribution is 6.30. The number of tetrazole rings is 1. The van der Waals surface area contributed by atoms with Gasteiger partial charge in [0.25, 0.3) is 5.56 Å². The van der Waals surface area contributed by atoms with Crippen LogP contribution in [0.1, 0.15) is 75.5 Å². The Balaban J connectivity index is 1.70. The highest BCUT2D eigenvalue weighted by Crippen LogP contribution is 2.33. The van der Waals surface area contributed by atoms with Gasteiger partial charge in [-0.25, -0.2) is 4.68 Å². The van der Waals surface area contributed by atoms with Gasteiger partial charge in [-0.1, -0.05) is 43.6 Å². The SMILES string of the molecule is CCc1ccc2[nH]c(=O)c([C@H](c3nnnn3C(C)(C)CC)N(Cc3ccc(Cl)cc3)C[C@H]3CCCO3)cc2c1. The first-order chi connectivity index (χ1) is 18.8. The molecule has 5 rings (SSSR count). The van der Waals surface area contributed by atoms with Gasteiger partial charge < -0.3 is 9.72 Å². The first-order valence-electron chi connectivity index (χ1n) is 13.8. The second-order valence-corrected chi connectivity index (χ2v) is 11.5. The molecular formula is C30H37ClN6O2. The fourth-order valence-electron chi connectivity index (χ4n) is 5.28. The Morgan fingerprint density at radius 3 is 2.62 bits per heavy atom. The van der Waals surface area contributed by atoms with Crippen molar-refractivity contribution in [1.82, 2.24) is 30.1 Å². The number of halogens is 1. The third kappa shape index (κ3) is 5.93. The van der Waals surface area contributed by atoms with Crippen LogP contribution in [0.25, 0.3) is 10.9 Å². The van der Waals surface area contributed by atoms with Gasteiger partial charge in [0.05, 0.1) is 11.6 Å². The highest BCUT2D eigenvalue weighted by Gasteiger charge is 2.36. The number of pyridine rings is 1. The summed E-state index contributed by atoms with van der Waals surface area (Å²) in [5.74, 6) is 0.644. The summed E-state index contributed by atoms with van der Waals surface area (Å²) >= 11 is 6.20. The first-order valence-corrected chi connectivity index (χ1v) is 14.2. The lowest BCUT2D eigenvalue weighted by molar-refractivity contribution is 0.0562. The third-order valence-electron chi connectivity index (χ3n) is 7.94. The molecule has 4 aromatic rings. The van der Waals surface area contributed by atoms with Gasteiger partial charge in [0.15, 0.2) is 5.82 Å². The van der Waals surface area contributed by atoms with E-state index < -0.39 is 6.04 Å². The Bertz CT molecular complexity index is 1470. The number of nitrogens with one attached hydrogen (secondary N) is 1. The van der Waals surface area contributed by atoms with E-state index in [1.807, 2.05) is 41.1 Å². The Morgan fingerprint density at radius 2 is 1.92 bits per heavy atom. The predicted octanol–water partition coefficient (Wildman–Crippen LogP) is 5.65. The number of aryl methyl sites for hydroxylation is 1. The lowest BCUT2D eigenvalue weighted by Crippen LogP contribution is -2.41. The second kappa shape index (κ2) is 11.6. The molecule has 206 valence electrons. The topological polar surface area (TPSA) is 88.9 Å². The minimum atomic E-state index is -0.496. The molecule has 39 heavy (non-hydrogen) atoms. The van der Waals surface area contributed by atoms with Gasteiger partial charge >= 0.3 is 0 Å². The number of fused-ring (bicyclic) bond motifs is 1. The van der Waals surface area contributed by atoms with Crippen molar-refractivity contribution < 1.29 is 4.74 Å². The second-order valence-electron chi connectivity index (χ2n) is 11.0.